The number of anilines is 2. The maximum Gasteiger partial charge on any atom is 0.307 e. The number of carboxylic acids is 1. The van der Waals surface area contributed by atoms with E-state index in [-0.39, 0.29) is 22.0 Å². The molecule has 0 radical (unpaired) electrons. The number of benzene rings is 2. The number of hydrogen-bond acceptors (Lipinski definition) is 4. The van der Waals surface area contributed by atoms with Gasteiger partial charge in [0, 0.05) is 17.3 Å². The largest absolute Gasteiger partial charge is 0.481 e. The minimum absolute atomic E-state index is 0.0727. The van der Waals surface area contributed by atoms with Crippen molar-refractivity contribution in [2.45, 2.75) is 6.42 Å². The van der Waals surface area contributed by atoms with Crippen LogP contribution in [0.3, 0.4) is 0 Å². The topological polar surface area (TPSA) is 86.0 Å². The molecule has 3 aromatic rings. The number of nitriles is 1. The molecule has 1 aromatic heterocycles. The standard InChI is InChI=1S/C18H10Cl2FN3O2/c19-13-6-11(1-2-15(13)21)24-17-10(7-22)8-23-18-12(17)3-9(4-14(18)20)5-16(25)26/h1-4,6,8H,5H2,(H,23,24)(H,25,26). The first-order valence-corrected chi connectivity index (χ1v) is 8.09. The zero-order valence-corrected chi connectivity index (χ0v) is 14.6. The number of nitrogens with zero attached hydrogens (tertiary/aromatic N) is 2. The molecule has 0 atom stereocenters. The fraction of sp³-hybridized carbons (Fsp3) is 0.0556. The lowest BCUT2D eigenvalue weighted by molar-refractivity contribution is -0.136. The van der Waals surface area contributed by atoms with E-state index in [1.54, 1.807) is 6.07 Å². The van der Waals surface area contributed by atoms with Gasteiger partial charge in [-0.2, -0.15) is 5.26 Å². The van der Waals surface area contributed by atoms with E-state index in [4.69, 9.17) is 28.3 Å². The first-order chi connectivity index (χ1) is 12.4. The van der Waals surface area contributed by atoms with Crippen LogP contribution in [0.4, 0.5) is 15.8 Å². The van der Waals surface area contributed by atoms with Crippen LogP contribution in [0.1, 0.15) is 11.1 Å². The van der Waals surface area contributed by atoms with Crippen molar-refractivity contribution in [2.24, 2.45) is 0 Å². The van der Waals surface area contributed by atoms with Crippen LogP contribution in [0.25, 0.3) is 10.9 Å². The first kappa shape index (κ1) is 17.9. The molecule has 2 aromatic carbocycles. The van der Waals surface area contributed by atoms with Crippen LogP contribution in [-0.4, -0.2) is 16.1 Å². The van der Waals surface area contributed by atoms with Gasteiger partial charge in [-0.15, -0.1) is 0 Å². The molecule has 1 heterocycles. The molecule has 0 bridgehead atoms. The van der Waals surface area contributed by atoms with Crippen molar-refractivity contribution >= 4 is 51.4 Å². The maximum atomic E-state index is 13.4. The van der Waals surface area contributed by atoms with Crippen LogP contribution in [0.15, 0.2) is 36.5 Å². The van der Waals surface area contributed by atoms with E-state index in [1.165, 1.54) is 30.5 Å². The van der Waals surface area contributed by atoms with Crippen LogP contribution in [0, 0.1) is 17.1 Å². The molecule has 0 unspecified atom stereocenters. The summed E-state index contributed by atoms with van der Waals surface area (Å²) in [6.45, 7) is 0. The molecular formula is C18H10Cl2FN3O2. The Bertz CT molecular complexity index is 1080. The van der Waals surface area contributed by atoms with Gasteiger partial charge >= 0.3 is 5.97 Å². The Morgan fingerprint density at radius 2 is 2.04 bits per heavy atom. The highest BCUT2D eigenvalue weighted by Crippen LogP contribution is 2.34. The summed E-state index contributed by atoms with van der Waals surface area (Å²) in [6.07, 6.45) is 1.13. The van der Waals surface area contributed by atoms with Crippen molar-refractivity contribution in [2.75, 3.05) is 5.32 Å². The van der Waals surface area contributed by atoms with Crippen LogP contribution in [0.2, 0.25) is 10.0 Å². The van der Waals surface area contributed by atoms with Crippen molar-refractivity contribution in [3.05, 3.63) is 63.5 Å². The van der Waals surface area contributed by atoms with Crippen LogP contribution < -0.4 is 5.32 Å². The highest BCUT2D eigenvalue weighted by molar-refractivity contribution is 6.35. The van der Waals surface area contributed by atoms with Gasteiger partial charge in [0.25, 0.3) is 0 Å². The average Bonchev–Trinajstić information content (AvgIpc) is 2.58. The molecule has 0 saturated carbocycles. The Labute approximate surface area is 157 Å². The summed E-state index contributed by atoms with van der Waals surface area (Å²) in [5.41, 5.74) is 1.94. The quantitative estimate of drug-likeness (QED) is 0.660. The van der Waals surface area contributed by atoms with E-state index in [0.717, 1.165) is 0 Å². The van der Waals surface area contributed by atoms with Crippen molar-refractivity contribution in [3.8, 4) is 6.07 Å². The summed E-state index contributed by atoms with van der Waals surface area (Å²) in [4.78, 5) is 15.2. The third-order valence-electron chi connectivity index (χ3n) is 3.65. The van der Waals surface area contributed by atoms with Gasteiger partial charge < -0.3 is 10.4 Å². The van der Waals surface area contributed by atoms with Gasteiger partial charge in [0.2, 0.25) is 0 Å². The van der Waals surface area contributed by atoms with Crippen LogP contribution >= 0.6 is 23.2 Å². The van der Waals surface area contributed by atoms with Gasteiger partial charge in [0.05, 0.1) is 33.2 Å². The average molecular weight is 390 g/mol. The lowest BCUT2D eigenvalue weighted by Crippen LogP contribution is -2.02. The summed E-state index contributed by atoms with van der Waals surface area (Å²) in [7, 11) is 0. The number of aliphatic carboxylic acids is 1. The molecule has 3 rings (SSSR count). The first-order valence-electron chi connectivity index (χ1n) is 7.34. The van der Waals surface area contributed by atoms with Gasteiger partial charge in [0.1, 0.15) is 11.9 Å². The molecule has 0 aliphatic heterocycles. The zero-order chi connectivity index (χ0) is 18.8. The summed E-state index contributed by atoms with van der Waals surface area (Å²) >= 11 is 12.0. The van der Waals surface area contributed by atoms with Gasteiger partial charge in [-0.05, 0) is 35.9 Å². The number of aromatic nitrogens is 1. The second-order valence-corrected chi connectivity index (χ2v) is 6.27. The number of pyridine rings is 1. The highest BCUT2D eigenvalue weighted by atomic mass is 35.5. The SMILES string of the molecule is N#Cc1cnc2c(Cl)cc(CC(=O)O)cc2c1Nc1ccc(F)c(Cl)c1. The Morgan fingerprint density at radius 3 is 2.69 bits per heavy atom. The summed E-state index contributed by atoms with van der Waals surface area (Å²) < 4.78 is 13.4. The molecule has 0 saturated heterocycles. The molecule has 26 heavy (non-hydrogen) atoms. The van der Waals surface area contributed by atoms with Crippen LogP contribution in [0.5, 0.6) is 0 Å². The normalized spacial score (nSPS) is 10.5. The summed E-state index contributed by atoms with van der Waals surface area (Å²) in [5, 5.41) is 22.1. The van der Waals surface area contributed by atoms with E-state index >= 15 is 0 Å². The summed E-state index contributed by atoms with van der Waals surface area (Å²) in [5.74, 6) is -1.58. The number of fused-ring (bicyclic) bond motifs is 1. The predicted molar refractivity (Wildman–Crippen MR) is 97.5 cm³/mol. The van der Waals surface area contributed by atoms with Crippen LogP contribution in [-0.2, 0) is 11.2 Å². The number of carboxylic acid groups (broad SMARTS) is 1. The number of rotatable bonds is 4. The van der Waals surface area contributed by atoms with Gasteiger partial charge in [-0.3, -0.25) is 9.78 Å². The van der Waals surface area contributed by atoms with Crippen molar-refractivity contribution in [3.63, 3.8) is 0 Å². The Kier molecular flexibility index (Phi) is 4.94. The van der Waals surface area contributed by atoms with Gasteiger partial charge in [-0.25, -0.2) is 4.39 Å². The smallest absolute Gasteiger partial charge is 0.307 e. The fourth-order valence-corrected chi connectivity index (χ4v) is 3.00. The number of carbonyl (C=O) groups is 1. The molecule has 0 fully saturated rings. The van der Waals surface area contributed by atoms with Crippen molar-refractivity contribution in [1.29, 1.82) is 5.26 Å². The minimum Gasteiger partial charge on any atom is -0.481 e. The second-order valence-electron chi connectivity index (χ2n) is 5.46. The van der Waals surface area contributed by atoms with E-state index in [0.29, 0.717) is 27.8 Å². The van der Waals surface area contributed by atoms with Crippen molar-refractivity contribution in [1.82, 2.24) is 4.98 Å². The Hall–Kier alpha value is -2.88. The minimum atomic E-state index is -1.01. The molecule has 0 aliphatic carbocycles. The Balaban J connectivity index is 2.20. The lowest BCUT2D eigenvalue weighted by Gasteiger charge is -2.13. The molecule has 2 N–H and O–H groups in total. The highest BCUT2D eigenvalue weighted by Gasteiger charge is 2.14. The van der Waals surface area contributed by atoms with E-state index in [9.17, 15) is 14.4 Å². The van der Waals surface area contributed by atoms with Gasteiger partial charge in [0.15, 0.2) is 0 Å². The third-order valence-corrected chi connectivity index (χ3v) is 4.23. The fourth-order valence-electron chi connectivity index (χ4n) is 2.53. The second kappa shape index (κ2) is 7.16. The third kappa shape index (κ3) is 3.54. The van der Waals surface area contributed by atoms with E-state index in [1.807, 2.05) is 6.07 Å². The monoisotopic (exact) mass is 389 g/mol. The Morgan fingerprint density at radius 1 is 1.27 bits per heavy atom. The maximum absolute atomic E-state index is 13.4. The predicted octanol–water partition coefficient (Wildman–Crippen LogP) is 4.92. The number of hydrogen-bond donors (Lipinski definition) is 2. The number of nitrogens with one attached hydrogen (secondary N) is 1. The molecule has 0 spiro atoms. The molecule has 0 amide bonds. The van der Waals surface area contributed by atoms with E-state index < -0.39 is 11.8 Å². The van der Waals surface area contributed by atoms with Gasteiger partial charge in [-0.1, -0.05) is 23.2 Å². The molecule has 0 aliphatic rings. The van der Waals surface area contributed by atoms with Crippen molar-refractivity contribution < 1.29 is 14.3 Å². The molecule has 130 valence electrons. The lowest BCUT2D eigenvalue weighted by atomic mass is 10.0. The zero-order valence-electron chi connectivity index (χ0n) is 13.1. The molecule has 8 heteroatoms. The number of halogens is 3. The van der Waals surface area contributed by atoms with E-state index in [2.05, 4.69) is 10.3 Å². The molecular weight excluding hydrogens is 380 g/mol. The molecule has 5 nitrogen and oxygen atoms in total. The summed E-state index contributed by atoms with van der Waals surface area (Å²) in [6, 6.07) is 9.20.